The third-order valence-corrected chi connectivity index (χ3v) is 2.99. The second-order valence-electron chi connectivity index (χ2n) is 4.50. The first kappa shape index (κ1) is 14.4. The van der Waals surface area contributed by atoms with E-state index >= 15 is 0 Å². The summed E-state index contributed by atoms with van der Waals surface area (Å²) in [6.07, 6.45) is 3.70. The summed E-state index contributed by atoms with van der Waals surface area (Å²) in [5, 5.41) is 0. The van der Waals surface area contributed by atoms with Crippen LogP contribution in [-0.4, -0.2) is 56.9 Å². The van der Waals surface area contributed by atoms with Gasteiger partial charge in [-0.3, -0.25) is 4.79 Å². The Hall–Kier alpha value is -0.650. The molecule has 0 spiro atoms. The Morgan fingerprint density at radius 1 is 1.35 bits per heavy atom. The number of ether oxygens (including phenoxy) is 2. The van der Waals surface area contributed by atoms with Crippen LogP contribution in [-0.2, 0) is 14.3 Å². The highest BCUT2D eigenvalue weighted by molar-refractivity contribution is 5.82. The number of nitrogens with zero attached hydrogens (tertiary/aromatic N) is 1. The van der Waals surface area contributed by atoms with E-state index in [4.69, 9.17) is 15.2 Å². The Balaban J connectivity index is 2.34. The van der Waals surface area contributed by atoms with E-state index in [0.29, 0.717) is 32.2 Å². The third-order valence-electron chi connectivity index (χ3n) is 2.99. The molecule has 0 aromatic rings. The topological polar surface area (TPSA) is 64.8 Å². The van der Waals surface area contributed by atoms with Gasteiger partial charge >= 0.3 is 0 Å². The lowest BCUT2D eigenvalue weighted by Crippen LogP contribution is -2.46. The van der Waals surface area contributed by atoms with Crippen molar-refractivity contribution in [3.05, 3.63) is 0 Å². The van der Waals surface area contributed by atoms with Crippen LogP contribution < -0.4 is 5.73 Å². The molecule has 1 atom stereocenters. The zero-order valence-corrected chi connectivity index (χ0v) is 10.9. The van der Waals surface area contributed by atoms with Gasteiger partial charge in [0.15, 0.2) is 0 Å². The summed E-state index contributed by atoms with van der Waals surface area (Å²) in [6, 6.07) is -0.00580. The van der Waals surface area contributed by atoms with Gasteiger partial charge < -0.3 is 20.1 Å². The predicted molar refractivity (Wildman–Crippen MR) is 65.7 cm³/mol. The molecule has 1 rings (SSSR count). The van der Waals surface area contributed by atoms with Gasteiger partial charge in [0.1, 0.15) is 0 Å². The third kappa shape index (κ3) is 5.02. The minimum atomic E-state index is -0.400. The molecule has 0 heterocycles. The van der Waals surface area contributed by atoms with Gasteiger partial charge in [-0.15, -0.1) is 0 Å². The van der Waals surface area contributed by atoms with Gasteiger partial charge in [0, 0.05) is 33.4 Å². The molecule has 0 aliphatic heterocycles. The van der Waals surface area contributed by atoms with Gasteiger partial charge in [-0.25, -0.2) is 0 Å². The number of carbonyl (C=O) groups excluding carboxylic acids is 1. The Labute approximate surface area is 103 Å². The average Bonchev–Trinajstić information content (AvgIpc) is 3.14. The van der Waals surface area contributed by atoms with E-state index in [1.807, 2.05) is 4.90 Å². The smallest absolute Gasteiger partial charge is 0.239 e. The van der Waals surface area contributed by atoms with Crippen LogP contribution >= 0.6 is 0 Å². The zero-order valence-electron chi connectivity index (χ0n) is 10.9. The Morgan fingerprint density at radius 2 is 2.00 bits per heavy atom. The summed E-state index contributed by atoms with van der Waals surface area (Å²) in [6.45, 7) is 1.88. The van der Waals surface area contributed by atoms with Gasteiger partial charge in [0.2, 0.25) is 5.91 Å². The van der Waals surface area contributed by atoms with E-state index in [0.717, 1.165) is 19.3 Å². The largest absolute Gasteiger partial charge is 0.385 e. The molecular formula is C12H24N2O3. The predicted octanol–water partition coefficient (Wildman–Crippen LogP) is 0.378. The van der Waals surface area contributed by atoms with Gasteiger partial charge in [0.05, 0.1) is 12.6 Å². The number of hydrogen-bond donors (Lipinski definition) is 1. The highest BCUT2D eigenvalue weighted by atomic mass is 16.5. The van der Waals surface area contributed by atoms with E-state index in [9.17, 15) is 4.79 Å². The molecule has 1 saturated carbocycles. The molecule has 1 aliphatic carbocycles. The lowest BCUT2D eigenvalue weighted by atomic mass is 10.1. The standard InChI is InChI=1S/C12H24N2O3/c1-16-8-3-4-11(13)12(15)14(7-9-17-2)10-5-6-10/h10-11H,3-9,13H2,1-2H3. The minimum Gasteiger partial charge on any atom is -0.385 e. The molecule has 5 nitrogen and oxygen atoms in total. The zero-order chi connectivity index (χ0) is 12.7. The molecule has 5 heteroatoms. The molecule has 1 amide bonds. The number of nitrogens with two attached hydrogens (primary N) is 1. The first-order chi connectivity index (χ1) is 8.20. The molecule has 100 valence electrons. The van der Waals surface area contributed by atoms with Crippen molar-refractivity contribution in [1.29, 1.82) is 0 Å². The van der Waals surface area contributed by atoms with Crippen LogP contribution in [0.3, 0.4) is 0 Å². The van der Waals surface area contributed by atoms with Crippen LogP contribution in [0.25, 0.3) is 0 Å². The molecule has 0 aromatic heterocycles. The summed E-state index contributed by atoms with van der Waals surface area (Å²) in [5.41, 5.74) is 5.91. The number of carbonyl (C=O) groups is 1. The molecule has 17 heavy (non-hydrogen) atoms. The highest BCUT2D eigenvalue weighted by Gasteiger charge is 2.34. The van der Waals surface area contributed by atoms with Crippen molar-refractivity contribution in [1.82, 2.24) is 4.90 Å². The molecule has 0 saturated heterocycles. The van der Waals surface area contributed by atoms with Crippen molar-refractivity contribution in [3.8, 4) is 0 Å². The average molecular weight is 244 g/mol. The van der Waals surface area contributed by atoms with Crippen molar-refractivity contribution < 1.29 is 14.3 Å². The fraction of sp³-hybridized carbons (Fsp3) is 0.917. The number of amides is 1. The Morgan fingerprint density at radius 3 is 2.53 bits per heavy atom. The SMILES string of the molecule is COCCCC(N)C(=O)N(CCOC)C1CC1. The molecule has 2 N–H and O–H groups in total. The maximum atomic E-state index is 12.1. The fourth-order valence-corrected chi connectivity index (χ4v) is 1.83. The summed E-state index contributed by atoms with van der Waals surface area (Å²) < 4.78 is 9.98. The molecular weight excluding hydrogens is 220 g/mol. The van der Waals surface area contributed by atoms with Gasteiger partial charge in [-0.2, -0.15) is 0 Å². The van der Waals surface area contributed by atoms with E-state index < -0.39 is 6.04 Å². The summed E-state index contributed by atoms with van der Waals surface area (Å²) >= 11 is 0. The molecule has 0 radical (unpaired) electrons. The lowest BCUT2D eigenvalue weighted by molar-refractivity contribution is -0.134. The van der Waals surface area contributed by atoms with Crippen LogP contribution in [0.2, 0.25) is 0 Å². The summed E-state index contributed by atoms with van der Waals surface area (Å²) in [7, 11) is 3.30. The maximum absolute atomic E-state index is 12.1. The number of methoxy groups -OCH3 is 2. The quantitative estimate of drug-likeness (QED) is 0.595. The van der Waals surface area contributed by atoms with Gasteiger partial charge in [0.25, 0.3) is 0 Å². The number of rotatable bonds is 9. The summed E-state index contributed by atoms with van der Waals surface area (Å²) in [5.74, 6) is 0.0562. The van der Waals surface area contributed by atoms with Crippen LogP contribution in [0.5, 0.6) is 0 Å². The first-order valence-corrected chi connectivity index (χ1v) is 6.24. The fourth-order valence-electron chi connectivity index (χ4n) is 1.83. The number of hydrogen-bond acceptors (Lipinski definition) is 4. The van der Waals surface area contributed by atoms with Crippen LogP contribution in [0.1, 0.15) is 25.7 Å². The van der Waals surface area contributed by atoms with Crippen molar-refractivity contribution in [2.24, 2.45) is 5.73 Å². The van der Waals surface area contributed by atoms with E-state index in [-0.39, 0.29) is 5.91 Å². The van der Waals surface area contributed by atoms with Crippen molar-refractivity contribution >= 4 is 5.91 Å². The lowest BCUT2D eigenvalue weighted by Gasteiger charge is -2.25. The monoisotopic (exact) mass is 244 g/mol. The van der Waals surface area contributed by atoms with Crippen LogP contribution in [0.15, 0.2) is 0 Å². The molecule has 0 aromatic carbocycles. The van der Waals surface area contributed by atoms with Crippen LogP contribution in [0.4, 0.5) is 0 Å². The van der Waals surface area contributed by atoms with Crippen molar-refractivity contribution in [2.75, 3.05) is 34.0 Å². The first-order valence-electron chi connectivity index (χ1n) is 6.24. The maximum Gasteiger partial charge on any atom is 0.239 e. The highest BCUT2D eigenvalue weighted by Crippen LogP contribution is 2.27. The van der Waals surface area contributed by atoms with E-state index in [2.05, 4.69) is 0 Å². The molecule has 0 bridgehead atoms. The van der Waals surface area contributed by atoms with Crippen molar-refractivity contribution in [3.63, 3.8) is 0 Å². The molecule has 1 aliphatic rings. The van der Waals surface area contributed by atoms with Crippen LogP contribution in [0, 0.1) is 0 Å². The second kappa shape index (κ2) is 7.63. The van der Waals surface area contributed by atoms with E-state index in [1.54, 1.807) is 14.2 Å². The minimum absolute atomic E-state index is 0.0562. The van der Waals surface area contributed by atoms with Gasteiger partial charge in [-0.05, 0) is 25.7 Å². The van der Waals surface area contributed by atoms with Gasteiger partial charge in [-0.1, -0.05) is 0 Å². The Kier molecular flexibility index (Phi) is 6.47. The van der Waals surface area contributed by atoms with Crippen molar-refractivity contribution in [2.45, 2.75) is 37.8 Å². The molecule has 1 unspecified atom stereocenters. The molecule has 1 fully saturated rings. The Bertz CT molecular complexity index is 232. The second-order valence-corrected chi connectivity index (χ2v) is 4.50. The summed E-state index contributed by atoms with van der Waals surface area (Å²) in [4.78, 5) is 14.0. The normalized spacial score (nSPS) is 16.9. The van der Waals surface area contributed by atoms with E-state index in [1.165, 1.54) is 0 Å².